The maximum absolute atomic E-state index is 14.0. The summed E-state index contributed by atoms with van der Waals surface area (Å²) in [5, 5.41) is 1.08. The molecule has 1 atom stereocenters. The van der Waals surface area contributed by atoms with Gasteiger partial charge in [-0.25, -0.2) is 9.79 Å². The number of benzene rings is 2. The standard InChI is InChI=1S/C28H26BrN3O4S/c1-6-36-27(34)24-15(2)30-28-32(25(24)17-11-12-22(35-5)20(29)13-17)26(33)23(37-28)14-19-16(3)31(4)21-10-8-7-9-18(19)21/h7-14,25H,6H2,1-5H3/b23-14-/t25-/m1/s1. The van der Waals surface area contributed by atoms with E-state index in [4.69, 9.17) is 9.47 Å². The van der Waals surface area contributed by atoms with Crippen LogP contribution in [-0.2, 0) is 16.6 Å². The van der Waals surface area contributed by atoms with Crippen LogP contribution in [0.25, 0.3) is 17.0 Å². The summed E-state index contributed by atoms with van der Waals surface area (Å²) >= 11 is 4.86. The average Bonchev–Trinajstić information content (AvgIpc) is 3.31. The lowest BCUT2D eigenvalue weighted by atomic mass is 9.96. The molecule has 37 heavy (non-hydrogen) atoms. The van der Waals surface area contributed by atoms with Gasteiger partial charge in [-0.3, -0.25) is 9.36 Å². The summed E-state index contributed by atoms with van der Waals surface area (Å²) < 4.78 is 15.8. The summed E-state index contributed by atoms with van der Waals surface area (Å²) in [6.45, 7) is 5.81. The van der Waals surface area contributed by atoms with Crippen molar-refractivity contribution >= 4 is 50.2 Å². The highest BCUT2D eigenvalue weighted by molar-refractivity contribution is 9.10. The van der Waals surface area contributed by atoms with Crippen molar-refractivity contribution in [3.05, 3.63) is 94.7 Å². The largest absolute Gasteiger partial charge is 0.496 e. The van der Waals surface area contributed by atoms with Gasteiger partial charge in [0, 0.05) is 29.2 Å². The molecule has 0 spiro atoms. The lowest BCUT2D eigenvalue weighted by Crippen LogP contribution is -2.40. The molecule has 0 unspecified atom stereocenters. The van der Waals surface area contributed by atoms with Crippen molar-refractivity contribution in [1.82, 2.24) is 9.13 Å². The summed E-state index contributed by atoms with van der Waals surface area (Å²) in [7, 11) is 3.61. The normalized spacial score (nSPS) is 15.6. The number of aromatic nitrogens is 2. The number of rotatable bonds is 5. The molecule has 1 aliphatic heterocycles. The van der Waals surface area contributed by atoms with E-state index in [-0.39, 0.29) is 12.2 Å². The molecule has 0 bridgehead atoms. The summed E-state index contributed by atoms with van der Waals surface area (Å²) in [6, 6.07) is 13.0. The Balaban J connectivity index is 1.78. The van der Waals surface area contributed by atoms with Crippen molar-refractivity contribution in [2.45, 2.75) is 26.8 Å². The maximum Gasteiger partial charge on any atom is 0.338 e. The number of methoxy groups -OCH3 is 1. The molecule has 2 aromatic heterocycles. The van der Waals surface area contributed by atoms with Gasteiger partial charge < -0.3 is 14.0 Å². The molecular formula is C28H26BrN3O4S. The van der Waals surface area contributed by atoms with Crippen LogP contribution in [0, 0.1) is 6.92 Å². The molecule has 0 N–H and O–H groups in total. The number of para-hydroxylation sites is 1. The van der Waals surface area contributed by atoms with Crippen LogP contribution in [0.5, 0.6) is 5.75 Å². The fraction of sp³-hybridized carbons (Fsp3) is 0.250. The first-order valence-electron chi connectivity index (χ1n) is 11.8. The maximum atomic E-state index is 14.0. The summed E-state index contributed by atoms with van der Waals surface area (Å²) in [5.41, 5.74) is 4.57. The van der Waals surface area contributed by atoms with Crippen molar-refractivity contribution in [2.24, 2.45) is 12.0 Å². The first kappa shape index (κ1) is 25.2. The van der Waals surface area contributed by atoms with Crippen LogP contribution >= 0.6 is 27.3 Å². The van der Waals surface area contributed by atoms with E-state index in [0.717, 1.165) is 32.2 Å². The van der Waals surface area contributed by atoms with E-state index in [0.29, 0.717) is 26.4 Å². The number of carbonyl (C=O) groups excluding carboxylic acids is 1. The third kappa shape index (κ3) is 4.16. The Morgan fingerprint density at radius 1 is 1.22 bits per heavy atom. The summed E-state index contributed by atoms with van der Waals surface area (Å²) in [5.74, 6) is 0.167. The van der Waals surface area contributed by atoms with E-state index in [1.54, 1.807) is 25.5 Å². The zero-order valence-corrected chi connectivity index (χ0v) is 23.6. The Hall–Kier alpha value is -3.43. The fourth-order valence-electron chi connectivity index (χ4n) is 4.82. The predicted octanol–water partition coefficient (Wildman–Crippen LogP) is 4.37. The predicted molar refractivity (Wildman–Crippen MR) is 149 cm³/mol. The number of ether oxygens (including phenoxy) is 2. The molecule has 3 heterocycles. The smallest absolute Gasteiger partial charge is 0.338 e. The zero-order chi connectivity index (χ0) is 26.4. The van der Waals surface area contributed by atoms with Crippen LogP contribution < -0.4 is 19.6 Å². The highest BCUT2D eigenvalue weighted by Gasteiger charge is 2.33. The molecule has 4 aromatic rings. The van der Waals surface area contributed by atoms with Crippen molar-refractivity contribution in [3.8, 4) is 5.75 Å². The number of fused-ring (bicyclic) bond motifs is 2. The molecule has 7 nitrogen and oxygen atoms in total. The SMILES string of the molecule is CCOC(=O)C1=C(C)N=c2s/c(=C\c3c(C)n(C)c4ccccc34)c(=O)n2[C@@H]1c1ccc(OC)c(Br)c1. The van der Waals surface area contributed by atoms with Gasteiger partial charge in [0.25, 0.3) is 5.56 Å². The molecule has 1 aliphatic rings. The van der Waals surface area contributed by atoms with E-state index in [1.165, 1.54) is 11.3 Å². The number of hydrogen-bond acceptors (Lipinski definition) is 6. The van der Waals surface area contributed by atoms with Crippen molar-refractivity contribution in [2.75, 3.05) is 13.7 Å². The third-order valence-electron chi connectivity index (χ3n) is 6.73. The van der Waals surface area contributed by atoms with Crippen LogP contribution in [0.4, 0.5) is 0 Å². The van der Waals surface area contributed by atoms with E-state index in [1.807, 2.05) is 50.4 Å². The number of allylic oxidation sites excluding steroid dienone is 1. The van der Waals surface area contributed by atoms with Gasteiger partial charge in [0.2, 0.25) is 0 Å². The zero-order valence-electron chi connectivity index (χ0n) is 21.2. The number of esters is 1. The molecule has 2 aromatic carbocycles. The van der Waals surface area contributed by atoms with E-state index >= 15 is 0 Å². The first-order chi connectivity index (χ1) is 17.8. The van der Waals surface area contributed by atoms with Gasteiger partial charge in [-0.2, -0.15) is 0 Å². The second-order valence-electron chi connectivity index (χ2n) is 8.77. The Labute approximate surface area is 226 Å². The molecule has 190 valence electrons. The number of thiazole rings is 1. The van der Waals surface area contributed by atoms with Crippen LogP contribution in [0.15, 0.2) is 68.0 Å². The minimum atomic E-state index is -0.687. The van der Waals surface area contributed by atoms with Crippen LogP contribution in [0.2, 0.25) is 0 Å². The fourth-order valence-corrected chi connectivity index (χ4v) is 6.41. The second-order valence-corrected chi connectivity index (χ2v) is 10.6. The molecule has 0 amide bonds. The number of nitrogens with zero attached hydrogens (tertiary/aromatic N) is 3. The van der Waals surface area contributed by atoms with Gasteiger partial charge in [0.15, 0.2) is 4.80 Å². The Morgan fingerprint density at radius 2 is 1.97 bits per heavy atom. The van der Waals surface area contributed by atoms with Crippen LogP contribution in [-0.4, -0.2) is 28.8 Å². The number of carbonyl (C=O) groups is 1. The minimum Gasteiger partial charge on any atom is -0.496 e. The highest BCUT2D eigenvalue weighted by Crippen LogP contribution is 2.35. The van der Waals surface area contributed by atoms with Crippen molar-refractivity contribution in [3.63, 3.8) is 0 Å². The van der Waals surface area contributed by atoms with Crippen LogP contribution in [0.3, 0.4) is 0 Å². The lowest BCUT2D eigenvalue weighted by Gasteiger charge is -2.25. The molecule has 0 aliphatic carbocycles. The average molecular weight is 581 g/mol. The monoisotopic (exact) mass is 579 g/mol. The Bertz CT molecular complexity index is 1780. The van der Waals surface area contributed by atoms with Gasteiger partial charge in [-0.1, -0.05) is 35.6 Å². The third-order valence-corrected chi connectivity index (χ3v) is 8.34. The number of aryl methyl sites for hydroxylation is 1. The van der Waals surface area contributed by atoms with Crippen molar-refractivity contribution < 1.29 is 14.3 Å². The molecular weight excluding hydrogens is 554 g/mol. The molecule has 9 heteroatoms. The molecule has 0 saturated carbocycles. The number of hydrogen-bond donors (Lipinski definition) is 0. The Kier molecular flexibility index (Phi) is 6.68. The van der Waals surface area contributed by atoms with Gasteiger partial charge in [0.1, 0.15) is 5.75 Å². The lowest BCUT2D eigenvalue weighted by molar-refractivity contribution is -0.139. The molecule has 0 fully saturated rings. The van der Waals surface area contributed by atoms with Crippen molar-refractivity contribution in [1.29, 1.82) is 0 Å². The Morgan fingerprint density at radius 3 is 2.68 bits per heavy atom. The van der Waals surface area contributed by atoms with E-state index < -0.39 is 12.0 Å². The molecule has 0 saturated heterocycles. The number of halogens is 1. The van der Waals surface area contributed by atoms with E-state index in [9.17, 15) is 9.59 Å². The van der Waals surface area contributed by atoms with E-state index in [2.05, 4.69) is 37.6 Å². The van der Waals surface area contributed by atoms with Crippen LogP contribution in [0.1, 0.15) is 36.7 Å². The minimum absolute atomic E-state index is 0.206. The van der Waals surface area contributed by atoms with Gasteiger partial charge in [-0.15, -0.1) is 0 Å². The highest BCUT2D eigenvalue weighted by atomic mass is 79.9. The molecule has 0 radical (unpaired) electrons. The van der Waals surface area contributed by atoms with Gasteiger partial charge in [0.05, 0.1) is 40.0 Å². The topological polar surface area (TPSA) is 74.8 Å². The van der Waals surface area contributed by atoms with Gasteiger partial charge >= 0.3 is 5.97 Å². The van der Waals surface area contributed by atoms with Gasteiger partial charge in [-0.05, 0) is 66.5 Å². The summed E-state index contributed by atoms with van der Waals surface area (Å²) in [6.07, 6.45) is 1.94. The quantitative estimate of drug-likeness (QED) is 0.329. The molecule has 5 rings (SSSR count). The first-order valence-corrected chi connectivity index (χ1v) is 13.4. The summed E-state index contributed by atoms with van der Waals surface area (Å²) in [4.78, 5) is 32.3. The second kappa shape index (κ2) is 9.79.